The van der Waals surface area contributed by atoms with Gasteiger partial charge in [-0.1, -0.05) is 46.9 Å². The Hall–Kier alpha value is -2.62. The summed E-state index contributed by atoms with van der Waals surface area (Å²) >= 11 is 18.3. The molecule has 34 heavy (non-hydrogen) atoms. The van der Waals surface area contributed by atoms with Crippen molar-refractivity contribution in [1.82, 2.24) is 14.7 Å². The van der Waals surface area contributed by atoms with Crippen LogP contribution < -0.4 is 9.64 Å². The molecule has 1 saturated heterocycles. The molecule has 6 nitrogen and oxygen atoms in total. The molecule has 0 spiro atoms. The second-order valence-corrected chi connectivity index (χ2v) is 8.79. The van der Waals surface area contributed by atoms with Crippen LogP contribution in [0.1, 0.15) is 5.69 Å². The predicted molar refractivity (Wildman–Crippen MR) is 124 cm³/mol. The molecule has 2 heterocycles. The number of aromatic nitrogens is 2. The summed E-state index contributed by atoms with van der Waals surface area (Å²) in [4.78, 5) is 16.3. The molecule has 0 N–H and O–H groups in total. The number of para-hydroxylation sites is 1. The van der Waals surface area contributed by atoms with Crippen molar-refractivity contribution in [3.63, 3.8) is 0 Å². The molecule has 0 atom stereocenters. The van der Waals surface area contributed by atoms with Gasteiger partial charge in [-0.25, -0.2) is 0 Å². The second-order valence-electron chi connectivity index (χ2n) is 7.51. The minimum Gasteiger partial charge on any atom is -0.467 e. The third kappa shape index (κ3) is 5.54. The normalized spacial score (nSPS) is 14.4. The van der Waals surface area contributed by atoms with E-state index >= 15 is 0 Å². The Bertz CT molecular complexity index is 1170. The quantitative estimate of drug-likeness (QED) is 0.430. The van der Waals surface area contributed by atoms with Crippen LogP contribution >= 0.6 is 34.8 Å². The van der Waals surface area contributed by atoms with Crippen LogP contribution in [0.25, 0.3) is 5.69 Å². The maximum absolute atomic E-state index is 13.3. The molecule has 0 aliphatic carbocycles. The molecule has 180 valence electrons. The molecule has 12 heteroatoms. The van der Waals surface area contributed by atoms with Gasteiger partial charge >= 0.3 is 6.18 Å². The van der Waals surface area contributed by atoms with Crippen LogP contribution in [0, 0.1) is 0 Å². The van der Waals surface area contributed by atoms with Gasteiger partial charge in [-0.15, -0.1) is 0 Å². The number of carbonyl (C=O) groups excluding carboxylic acids is 1. The Morgan fingerprint density at radius 3 is 2.24 bits per heavy atom. The van der Waals surface area contributed by atoms with Gasteiger partial charge in [0.2, 0.25) is 5.88 Å². The average molecular weight is 534 g/mol. The number of nitrogens with zero attached hydrogens (tertiary/aromatic N) is 4. The zero-order valence-electron chi connectivity index (χ0n) is 17.5. The van der Waals surface area contributed by atoms with Gasteiger partial charge in [0, 0.05) is 48.0 Å². The molecular weight excluding hydrogens is 516 g/mol. The van der Waals surface area contributed by atoms with Crippen molar-refractivity contribution in [2.45, 2.75) is 6.18 Å². The summed E-state index contributed by atoms with van der Waals surface area (Å²) < 4.78 is 46.2. The molecule has 0 saturated carbocycles. The van der Waals surface area contributed by atoms with Crippen molar-refractivity contribution in [3.05, 3.63) is 69.3 Å². The molecule has 1 aliphatic heterocycles. The maximum atomic E-state index is 13.3. The summed E-state index contributed by atoms with van der Waals surface area (Å²) in [7, 11) is 0. The lowest BCUT2D eigenvalue weighted by Gasteiger charge is -2.36. The van der Waals surface area contributed by atoms with Crippen molar-refractivity contribution in [2.24, 2.45) is 0 Å². The monoisotopic (exact) mass is 532 g/mol. The summed E-state index contributed by atoms with van der Waals surface area (Å²) in [5.74, 6) is -0.592. The van der Waals surface area contributed by atoms with E-state index in [1.807, 2.05) is 4.90 Å². The van der Waals surface area contributed by atoms with Crippen LogP contribution in [0.5, 0.6) is 5.88 Å². The van der Waals surface area contributed by atoms with Crippen LogP contribution in [0.15, 0.2) is 48.5 Å². The highest BCUT2D eigenvalue weighted by Crippen LogP contribution is 2.33. The number of halogens is 6. The highest BCUT2D eigenvalue weighted by Gasteiger charge is 2.36. The van der Waals surface area contributed by atoms with Crippen LogP contribution in [-0.4, -0.2) is 53.4 Å². The van der Waals surface area contributed by atoms with Gasteiger partial charge in [0.1, 0.15) is 0 Å². The van der Waals surface area contributed by atoms with Crippen LogP contribution in [0.3, 0.4) is 0 Å². The Labute approximate surface area is 208 Å². The van der Waals surface area contributed by atoms with Gasteiger partial charge in [0.15, 0.2) is 12.3 Å². The predicted octanol–water partition coefficient (Wildman–Crippen LogP) is 5.58. The second kappa shape index (κ2) is 9.93. The third-order valence-corrected chi connectivity index (χ3v) is 5.99. The Balaban J connectivity index is 1.43. The van der Waals surface area contributed by atoms with Crippen LogP contribution in [0.2, 0.25) is 15.1 Å². The van der Waals surface area contributed by atoms with Crippen molar-refractivity contribution in [2.75, 3.05) is 37.7 Å². The number of rotatable bonds is 5. The van der Waals surface area contributed by atoms with Gasteiger partial charge in [-0.05, 0) is 30.3 Å². The lowest BCUT2D eigenvalue weighted by molar-refractivity contribution is -0.141. The largest absolute Gasteiger partial charge is 0.467 e. The fourth-order valence-corrected chi connectivity index (χ4v) is 4.29. The van der Waals surface area contributed by atoms with Crippen LogP contribution in [-0.2, 0) is 11.0 Å². The molecule has 0 bridgehead atoms. The number of carbonyl (C=O) groups is 1. The van der Waals surface area contributed by atoms with Crippen molar-refractivity contribution >= 4 is 46.4 Å². The van der Waals surface area contributed by atoms with E-state index < -0.39 is 18.5 Å². The zero-order valence-corrected chi connectivity index (χ0v) is 19.8. The maximum Gasteiger partial charge on any atom is 0.435 e. The minimum atomic E-state index is -4.69. The summed E-state index contributed by atoms with van der Waals surface area (Å²) in [6.45, 7) is 1.45. The molecule has 1 aromatic heterocycles. The SMILES string of the molecule is O=C(COc1cc(C(F)(F)F)nn1-c1ccccc1Cl)N1CCN(c2cc(Cl)cc(Cl)c2)CC1. The smallest absolute Gasteiger partial charge is 0.435 e. The zero-order chi connectivity index (χ0) is 24.5. The number of ether oxygens (including phenoxy) is 1. The van der Waals surface area contributed by atoms with E-state index in [-0.39, 0.29) is 22.5 Å². The standard InChI is InChI=1S/C22H18Cl3F3N4O2/c23-14-9-15(24)11-16(10-14)30-5-7-31(8-6-30)20(33)13-34-21-12-19(22(26,27)28)29-32(21)18-4-2-1-3-17(18)25/h1-4,9-12H,5-8,13H2. The fraction of sp³-hybridized carbons (Fsp3) is 0.273. The van der Waals surface area contributed by atoms with Crippen molar-refractivity contribution in [3.8, 4) is 11.6 Å². The Kier molecular flexibility index (Phi) is 7.16. The summed E-state index contributed by atoms with van der Waals surface area (Å²) in [6, 6.07) is 12.3. The van der Waals surface area contributed by atoms with E-state index in [9.17, 15) is 18.0 Å². The molecule has 2 aromatic carbocycles. The molecule has 1 fully saturated rings. The Morgan fingerprint density at radius 2 is 1.62 bits per heavy atom. The molecule has 3 aromatic rings. The first-order chi connectivity index (χ1) is 16.1. The van der Waals surface area contributed by atoms with Gasteiger partial charge in [-0.3, -0.25) is 4.79 Å². The van der Waals surface area contributed by atoms with E-state index in [0.717, 1.165) is 16.4 Å². The molecule has 1 aliphatic rings. The lowest BCUT2D eigenvalue weighted by atomic mass is 10.2. The number of hydrogen-bond donors (Lipinski definition) is 0. The number of piperazine rings is 1. The molecule has 1 amide bonds. The first-order valence-electron chi connectivity index (χ1n) is 10.2. The van der Waals surface area contributed by atoms with E-state index in [2.05, 4.69) is 5.10 Å². The number of benzene rings is 2. The Morgan fingerprint density at radius 1 is 0.971 bits per heavy atom. The fourth-order valence-electron chi connectivity index (χ4n) is 3.56. The third-order valence-electron chi connectivity index (χ3n) is 5.24. The molecule has 4 rings (SSSR count). The summed E-state index contributed by atoms with van der Waals surface area (Å²) in [5.41, 5.74) is -0.0938. The summed E-state index contributed by atoms with van der Waals surface area (Å²) in [5, 5.41) is 4.81. The van der Waals surface area contributed by atoms with Gasteiger partial charge in [0.25, 0.3) is 5.91 Å². The first-order valence-corrected chi connectivity index (χ1v) is 11.3. The lowest BCUT2D eigenvalue weighted by Crippen LogP contribution is -2.50. The average Bonchev–Trinajstić information content (AvgIpc) is 3.22. The van der Waals surface area contributed by atoms with Gasteiger partial charge in [-0.2, -0.15) is 23.0 Å². The molecule has 0 unspecified atom stereocenters. The van der Waals surface area contributed by atoms with E-state index in [4.69, 9.17) is 39.5 Å². The summed E-state index contributed by atoms with van der Waals surface area (Å²) in [6.07, 6.45) is -4.69. The van der Waals surface area contributed by atoms with Crippen molar-refractivity contribution in [1.29, 1.82) is 0 Å². The number of anilines is 1. The molecule has 0 radical (unpaired) electrons. The van der Waals surface area contributed by atoms with E-state index in [1.165, 1.54) is 12.1 Å². The van der Waals surface area contributed by atoms with Crippen LogP contribution in [0.4, 0.5) is 18.9 Å². The highest BCUT2D eigenvalue weighted by molar-refractivity contribution is 6.35. The number of hydrogen-bond acceptors (Lipinski definition) is 4. The number of alkyl halides is 3. The topological polar surface area (TPSA) is 50.6 Å². The van der Waals surface area contributed by atoms with Gasteiger partial charge < -0.3 is 14.5 Å². The number of amides is 1. The van der Waals surface area contributed by atoms with E-state index in [1.54, 1.807) is 35.2 Å². The molecular formula is C22H18Cl3F3N4O2. The highest BCUT2D eigenvalue weighted by atomic mass is 35.5. The van der Waals surface area contributed by atoms with Gasteiger partial charge in [0.05, 0.1) is 10.7 Å². The minimum absolute atomic E-state index is 0.188. The first kappa shape index (κ1) is 24.5. The van der Waals surface area contributed by atoms with Crippen molar-refractivity contribution < 1.29 is 22.7 Å². The van der Waals surface area contributed by atoms with E-state index in [0.29, 0.717) is 36.2 Å².